The minimum atomic E-state index is -5.62. The molecule has 1 radical (unpaired) electrons. The summed E-state index contributed by atoms with van der Waals surface area (Å²) < 4.78 is 137. The zero-order chi connectivity index (χ0) is 18.0. The fourth-order valence-corrected chi connectivity index (χ4v) is 0. The average Bonchev–Trinajstić information content (AvgIpc) is 1.62. The van der Waals surface area contributed by atoms with Crippen molar-refractivity contribution in [2.24, 2.45) is 0 Å². The molecular weight excluding hydrogens is 567 g/mol. The molecule has 0 aromatic rings. The summed E-state index contributed by atoms with van der Waals surface area (Å²) in [5.74, 6) is 0. The standard InChI is InChI=1S/Cr.K.4Mn.16O/q+3;+1;;;;;;;;;;;;;;;;;4*-1. The van der Waals surface area contributed by atoms with Crippen LogP contribution in [0.4, 0.5) is 0 Å². The fraction of sp³-hybridized carbons (Fsp3) is 0. The molecule has 22 heavy (non-hydrogen) atoms. The van der Waals surface area contributed by atoms with Crippen LogP contribution in [-0.4, -0.2) is 0 Å². The summed E-state index contributed by atoms with van der Waals surface area (Å²) >= 11 is -22.5. The van der Waals surface area contributed by atoms with Crippen LogP contribution in [0.25, 0.3) is 0 Å². The number of hydrogen-bond donors (Lipinski definition) is 0. The van der Waals surface area contributed by atoms with Gasteiger partial charge in [0, 0.05) is 0 Å². The molecule has 22 heteroatoms. The van der Waals surface area contributed by atoms with Gasteiger partial charge in [0.25, 0.3) is 0 Å². The van der Waals surface area contributed by atoms with Crippen molar-refractivity contribution in [3.8, 4) is 0 Å². The molecule has 0 fully saturated rings. The molecule has 0 aliphatic carbocycles. The molecule has 0 aliphatic rings. The van der Waals surface area contributed by atoms with Gasteiger partial charge < -0.3 is 0 Å². The molecular formula is CrKMn4O16. The Labute approximate surface area is 180 Å². The maximum absolute atomic E-state index is 8.58. The van der Waals surface area contributed by atoms with E-state index < -0.39 is 51.9 Å². The SMILES string of the molecule is [Cr+3].[K+].[O]=[Mn](=[O])(=[O])[O-].[O]=[Mn](=[O])(=[O])[O-].[O]=[Mn](=[O])(=[O])[O-].[O]=[Mn](=[O])(=[O])[O-]. The van der Waals surface area contributed by atoms with Gasteiger partial charge in [0.1, 0.15) is 0 Å². The van der Waals surface area contributed by atoms with Crippen molar-refractivity contribution in [2.75, 3.05) is 0 Å². The van der Waals surface area contributed by atoms with E-state index >= 15 is 0 Å². The van der Waals surface area contributed by atoms with Crippen LogP contribution in [0.3, 0.4) is 0 Å². The predicted molar refractivity (Wildman–Crippen MR) is 8.24 cm³/mol. The molecule has 0 spiro atoms. The maximum atomic E-state index is 8.58. The molecule has 0 saturated carbocycles. The van der Waals surface area contributed by atoms with E-state index in [0.717, 1.165) is 0 Å². The molecule has 0 heterocycles. The molecule has 0 aliphatic heterocycles. The third-order valence-electron chi connectivity index (χ3n) is 0. The third kappa shape index (κ3) is 3260. The first-order valence-corrected chi connectivity index (χ1v) is 10.2. The molecule has 16 nitrogen and oxygen atoms in total. The molecule has 0 unspecified atom stereocenters. The fourth-order valence-electron chi connectivity index (χ4n) is 0. The average molecular weight is 567 g/mol. The van der Waals surface area contributed by atoms with E-state index in [1.54, 1.807) is 0 Å². The Balaban J connectivity index is -0.0000000376. The van der Waals surface area contributed by atoms with Crippen molar-refractivity contribution in [3.63, 3.8) is 0 Å². The summed E-state index contributed by atoms with van der Waals surface area (Å²) in [7, 11) is 0. The summed E-state index contributed by atoms with van der Waals surface area (Å²) in [6, 6.07) is 0. The van der Waals surface area contributed by atoms with E-state index in [-0.39, 0.29) is 68.7 Å². The normalized spacial score (nSPS) is 10.4. The topological polar surface area (TPSA) is 297 Å². The Morgan fingerprint density at radius 2 is 0.364 bits per heavy atom. The van der Waals surface area contributed by atoms with E-state index in [9.17, 15) is 0 Å². The van der Waals surface area contributed by atoms with E-state index in [0.29, 0.717) is 0 Å². The molecule has 131 valence electrons. The second-order valence-corrected chi connectivity index (χ2v) is 6.23. The van der Waals surface area contributed by atoms with E-state index in [1.165, 1.54) is 0 Å². The molecule has 0 saturated heterocycles. The van der Waals surface area contributed by atoms with Crippen molar-refractivity contribution >= 4 is 0 Å². The van der Waals surface area contributed by atoms with Gasteiger partial charge >= 0.3 is 183 Å². The van der Waals surface area contributed by atoms with Crippen molar-refractivity contribution in [1.82, 2.24) is 0 Å². The summed E-state index contributed by atoms with van der Waals surface area (Å²) in [5, 5.41) is 0. The predicted octanol–water partition coefficient (Wildman–Crippen LogP) is -9.19. The van der Waals surface area contributed by atoms with Crippen molar-refractivity contribution in [3.05, 3.63) is 0 Å². The zero-order valence-corrected chi connectivity index (χ0v) is 18.6. The van der Waals surface area contributed by atoms with Gasteiger partial charge in [-0.25, -0.2) is 0 Å². The molecule has 0 aromatic heterocycles. The van der Waals surface area contributed by atoms with Gasteiger partial charge in [-0.05, 0) is 0 Å². The van der Waals surface area contributed by atoms with Crippen LogP contribution < -0.4 is 68.1 Å². The van der Waals surface area contributed by atoms with E-state index in [1.807, 2.05) is 0 Å². The van der Waals surface area contributed by atoms with Crippen LogP contribution in [0.5, 0.6) is 0 Å². The minimum absolute atomic E-state index is 0. The Morgan fingerprint density at radius 3 is 0.364 bits per heavy atom. The first kappa shape index (κ1) is 39.0. The van der Waals surface area contributed by atoms with Gasteiger partial charge in [-0.1, -0.05) is 0 Å². The Hall–Kier alpha value is 1.69. The van der Waals surface area contributed by atoms with Crippen LogP contribution in [-0.2, 0) is 115 Å². The molecule has 0 atom stereocenters. The summed E-state index contributed by atoms with van der Waals surface area (Å²) in [6.07, 6.45) is 0. The van der Waals surface area contributed by atoms with Crippen molar-refractivity contribution in [1.29, 1.82) is 0 Å². The molecule has 0 rings (SSSR count). The Morgan fingerprint density at radius 1 is 0.364 bits per heavy atom. The number of hydrogen-bond acceptors (Lipinski definition) is 16. The third-order valence-corrected chi connectivity index (χ3v) is 0. The van der Waals surface area contributed by atoms with Crippen LogP contribution in [0.1, 0.15) is 0 Å². The van der Waals surface area contributed by atoms with Gasteiger partial charge in [0.2, 0.25) is 0 Å². The Kier molecular flexibility index (Phi) is 28.6. The van der Waals surface area contributed by atoms with Crippen LogP contribution in [0, 0.1) is 0 Å². The van der Waals surface area contributed by atoms with Gasteiger partial charge in [0.15, 0.2) is 0 Å². The first-order chi connectivity index (χ1) is 8.00. The molecule has 0 amide bonds. The van der Waals surface area contributed by atoms with Crippen molar-refractivity contribution < 1.29 is 183 Å². The molecule has 0 aromatic carbocycles. The van der Waals surface area contributed by atoms with Crippen LogP contribution >= 0.6 is 0 Å². The van der Waals surface area contributed by atoms with Gasteiger partial charge in [-0.3, -0.25) is 0 Å². The molecule has 0 bridgehead atoms. The van der Waals surface area contributed by atoms with Crippen LogP contribution in [0.15, 0.2) is 0 Å². The van der Waals surface area contributed by atoms with Crippen molar-refractivity contribution in [2.45, 2.75) is 0 Å². The van der Waals surface area contributed by atoms with E-state index in [4.69, 9.17) is 62.8 Å². The Bertz CT molecular complexity index is 679. The van der Waals surface area contributed by atoms with Gasteiger partial charge in [-0.2, -0.15) is 0 Å². The first-order valence-electron chi connectivity index (χ1n) is 2.47. The summed E-state index contributed by atoms with van der Waals surface area (Å²) in [5.41, 5.74) is 0. The summed E-state index contributed by atoms with van der Waals surface area (Å²) in [4.78, 5) is 0. The summed E-state index contributed by atoms with van der Waals surface area (Å²) in [6.45, 7) is 0. The monoisotopic (exact) mass is 567 g/mol. The second-order valence-electron chi connectivity index (χ2n) is 1.51. The van der Waals surface area contributed by atoms with Gasteiger partial charge in [0.05, 0.1) is 0 Å². The second kappa shape index (κ2) is 16.2. The number of rotatable bonds is 0. The van der Waals surface area contributed by atoms with Gasteiger partial charge in [-0.15, -0.1) is 0 Å². The van der Waals surface area contributed by atoms with Crippen LogP contribution in [0.2, 0.25) is 0 Å². The molecule has 0 N–H and O–H groups in total. The quantitative estimate of drug-likeness (QED) is 0.246. The van der Waals surface area contributed by atoms with E-state index in [2.05, 4.69) is 0 Å². The zero-order valence-electron chi connectivity index (χ0n) is 9.45.